The lowest BCUT2D eigenvalue weighted by molar-refractivity contribution is 0.170. The Morgan fingerprint density at radius 3 is 2.61 bits per heavy atom. The van der Waals surface area contributed by atoms with E-state index < -0.39 is 6.10 Å². The maximum Gasteiger partial charge on any atom is 0.0802 e. The summed E-state index contributed by atoms with van der Waals surface area (Å²) in [5.74, 6) is 0. The average molecular weight is 241 g/mol. The van der Waals surface area contributed by atoms with Gasteiger partial charge in [-0.05, 0) is 48.2 Å². The van der Waals surface area contributed by atoms with Crippen LogP contribution in [0.25, 0.3) is 11.1 Å². The van der Waals surface area contributed by atoms with E-state index in [0.29, 0.717) is 13.0 Å². The maximum absolute atomic E-state index is 9.98. The van der Waals surface area contributed by atoms with Crippen LogP contribution < -0.4 is 5.73 Å². The van der Waals surface area contributed by atoms with E-state index in [4.69, 9.17) is 5.73 Å². The SMILES string of the molecule is Cc1ccccc1-c1cccc(C(O)CCN)c1. The van der Waals surface area contributed by atoms with Gasteiger partial charge in [-0.15, -0.1) is 0 Å². The second-order valence-electron chi connectivity index (χ2n) is 4.53. The fourth-order valence-corrected chi connectivity index (χ4v) is 2.13. The van der Waals surface area contributed by atoms with Gasteiger partial charge in [-0.25, -0.2) is 0 Å². The van der Waals surface area contributed by atoms with Crippen molar-refractivity contribution in [3.05, 3.63) is 59.7 Å². The van der Waals surface area contributed by atoms with Gasteiger partial charge in [0, 0.05) is 0 Å². The molecule has 0 saturated carbocycles. The van der Waals surface area contributed by atoms with Crippen molar-refractivity contribution >= 4 is 0 Å². The fourth-order valence-electron chi connectivity index (χ4n) is 2.13. The summed E-state index contributed by atoms with van der Waals surface area (Å²) in [6, 6.07) is 16.3. The lowest BCUT2D eigenvalue weighted by Crippen LogP contribution is -2.06. The Kier molecular flexibility index (Phi) is 4.13. The molecule has 0 amide bonds. The van der Waals surface area contributed by atoms with E-state index in [1.165, 1.54) is 11.1 Å². The van der Waals surface area contributed by atoms with Gasteiger partial charge in [0.1, 0.15) is 0 Å². The largest absolute Gasteiger partial charge is 0.388 e. The molecule has 0 saturated heterocycles. The van der Waals surface area contributed by atoms with E-state index in [1.807, 2.05) is 30.3 Å². The zero-order chi connectivity index (χ0) is 13.0. The van der Waals surface area contributed by atoms with Crippen LogP contribution in [0, 0.1) is 6.92 Å². The van der Waals surface area contributed by atoms with E-state index in [2.05, 4.69) is 25.1 Å². The molecule has 0 spiro atoms. The first-order valence-electron chi connectivity index (χ1n) is 6.26. The maximum atomic E-state index is 9.98. The van der Waals surface area contributed by atoms with Gasteiger partial charge in [-0.1, -0.05) is 42.5 Å². The standard InChI is InChI=1S/C16H19NO/c1-12-5-2-3-8-15(12)13-6-4-7-14(11-13)16(18)9-10-17/h2-8,11,16,18H,9-10,17H2,1H3. The minimum atomic E-state index is -0.473. The molecule has 2 nitrogen and oxygen atoms in total. The van der Waals surface area contributed by atoms with E-state index >= 15 is 0 Å². The Hall–Kier alpha value is -1.64. The summed E-state index contributed by atoms with van der Waals surface area (Å²) in [5.41, 5.74) is 10.00. The third-order valence-electron chi connectivity index (χ3n) is 3.17. The van der Waals surface area contributed by atoms with E-state index in [-0.39, 0.29) is 0 Å². The number of hydrogen-bond donors (Lipinski definition) is 2. The van der Waals surface area contributed by atoms with Gasteiger partial charge in [0.15, 0.2) is 0 Å². The molecule has 2 heteroatoms. The molecule has 0 aliphatic heterocycles. The molecule has 0 fully saturated rings. The summed E-state index contributed by atoms with van der Waals surface area (Å²) < 4.78 is 0. The molecule has 0 heterocycles. The van der Waals surface area contributed by atoms with Gasteiger partial charge in [0.25, 0.3) is 0 Å². The smallest absolute Gasteiger partial charge is 0.0802 e. The Balaban J connectivity index is 2.36. The molecule has 2 aromatic rings. The van der Waals surface area contributed by atoms with Crippen molar-refractivity contribution in [1.29, 1.82) is 0 Å². The first-order chi connectivity index (χ1) is 8.72. The topological polar surface area (TPSA) is 46.2 Å². The van der Waals surface area contributed by atoms with E-state index in [9.17, 15) is 5.11 Å². The molecule has 18 heavy (non-hydrogen) atoms. The summed E-state index contributed by atoms with van der Waals surface area (Å²) in [5, 5.41) is 9.98. The average Bonchev–Trinajstić information content (AvgIpc) is 2.40. The third-order valence-corrected chi connectivity index (χ3v) is 3.17. The lowest BCUT2D eigenvalue weighted by Gasteiger charge is -2.12. The fraction of sp³-hybridized carbons (Fsp3) is 0.250. The molecular weight excluding hydrogens is 222 g/mol. The van der Waals surface area contributed by atoms with Crippen LogP contribution >= 0.6 is 0 Å². The Morgan fingerprint density at radius 1 is 1.11 bits per heavy atom. The van der Waals surface area contributed by atoms with Crippen molar-refractivity contribution in [2.24, 2.45) is 5.73 Å². The van der Waals surface area contributed by atoms with Crippen molar-refractivity contribution < 1.29 is 5.11 Å². The molecule has 3 N–H and O–H groups in total. The molecule has 0 bridgehead atoms. The highest BCUT2D eigenvalue weighted by Gasteiger charge is 2.08. The number of aryl methyl sites for hydroxylation is 1. The molecule has 0 aromatic heterocycles. The molecule has 2 rings (SSSR count). The monoisotopic (exact) mass is 241 g/mol. The van der Waals surface area contributed by atoms with Crippen LogP contribution in [0.3, 0.4) is 0 Å². The summed E-state index contributed by atoms with van der Waals surface area (Å²) in [6.45, 7) is 2.59. The van der Waals surface area contributed by atoms with Crippen molar-refractivity contribution in [2.75, 3.05) is 6.54 Å². The second kappa shape index (κ2) is 5.80. The van der Waals surface area contributed by atoms with Gasteiger partial charge in [0.05, 0.1) is 6.10 Å². The molecule has 0 radical (unpaired) electrons. The Morgan fingerprint density at radius 2 is 1.89 bits per heavy atom. The second-order valence-corrected chi connectivity index (χ2v) is 4.53. The molecule has 0 aliphatic carbocycles. The van der Waals surface area contributed by atoms with Crippen LogP contribution in [-0.4, -0.2) is 11.7 Å². The Labute approximate surface area is 108 Å². The first-order valence-corrected chi connectivity index (χ1v) is 6.26. The van der Waals surface area contributed by atoms with Gasteiger partial charge in [-0.3, -0.25) is 0 Å². The molecule has 1 unspecified atom stereocenters. The van der Waals surface area contributed by atoms with Crippen molar-refractivity contribution in [3.8, 4) is 11.1 Å². The normalized spacial score (nSPS) is 12.4. The Bertz CT molecular complexity index is 522. The van der Waals surface area contributed by atoms with Gasteiger partial charge < -0.3 is 10.8 Å². The van der Waals surface area contributed by atoms with Gasteiger partial charge in [-0.2, -0.15) is 0 Å². The van der Waals surface area contributed by atoms with Crippen LogP contribution in [-0.2, 0) is 0 Å². The number of aliphatic hydroxyl groups is 1. The molecule has 1 atom stereocenters. The molecular formula is C16H19NO. The quantitative estimate of drug-likeness (QED) is 0.864. The highest BCUT2D eigenvalue weighted by molar-refractivity contribution is 5.67. The summed E-state index contributed by atoms with van der Waals surface area (Å²) in [4.78, 5) is 0. The van der Waals surface area contributed by atoms with Crippen LogP contribution in [0.1, 0.15) is 23.7 Å². The van der Waals surface area contributed by atoms with Crippen molar-refractivity contribution in [3.63, 3.8) is 0 Å². The minimum Gasteiger partial charge on any atom is -0.388 e. The van der Waals surface area contributed by atoms with Crippen LogP contribution in [0.5, 0.6) is 0 Å². The lowest BCUT2D eigenvalue weighted by atomic mass is 9.97. The zero-order valence-electron chi connectivity index (χ0n) is 10.6. The van der Waals surface area contributed by atoms with Gasteiger partial charge in [0.2, 0.25) is 0 Å². The number of hydrogen-bond acceptors (Lipinski definition) is 2. The number of rotatable bonds is 4. The molecule has 0 aliphatic rings. The van der Waals surface area contributed by atoms with E-state index in [0.717, 1.165) is 11.1 Å². The summed E-state index contributed by atoms with van der Waals surface area (Å²) in [6.07, 6.45) is 0.121. The zero-order valence-corrected chi connectivity index (χ0v) is 10.6. The summed E-state index contributed by atoms with van der Waals surface area (Å²) in [7, 11) is 0. The minimum absolute atomic E-state index is 0.473. The predicted octanol–water partition coefficient (Wildman–Crippen LogP) is 3.04. The highest BCUT2D eigenvalue weighted by Crippen LogP contribution is 2.26. The van der Waals surface area contributed by atoms with Crippen LogP contribution in [0.15, 0.2) is 48.5 Å². The van der Waals surface area contributed by atoms with Gasteiger partial charge >= 0.3 is 0 Å². The van der Waals surface area contributed by atoms with Crippen LogP contribution in [0.2, 0.25) is 0 Å². The third kappa shape index (κ3) is 2.78. The number of nitrogens with two attached hydrogens (primary N) is 1. The summed E-state index contributed by atoms with van der Waals surface area (Å²) >= 11 is 0. The van der Waals surface area contributed by atoms with Crippen LogP contribution in [0.4, 0.5) is 0 Å². The van der Waals surface area contributed by atoms with Crippen molar-refractivity contribution in [1.82, 2.24) is 0 Å². The van der Waals surface area contributed by atoms with E-state index in [1.54, 1.807) is 0 Å². The predicted molar refractivity (Wildman–Crippen MR) is 75.2 cm³/mol. The van der Waals surface area contributed by atoms with Crippen molar-refractivity contribution in [2.45, 2.75) is 19.4 Å². The number of benzene rings is 2. The molecule has 2 aromatic carbocycles. The highest BCUT2D eigenvalue weighted by atomic mass is 16.3. The first kappa shape index (κ1) is 12.8. The molecule has 94 valence electrons. The number of aliphatic hydroxyl groups excluding tert-OH is 1.